The summed E-state index contributed by atoms with van der Waals surface area (Å²) in [6, 6.07) is 49.2. The second-order valence-corrected chi connectivity index (χ2v) is 11.3. The highest BCUT2D eigenvalue weighted by molar-refractivity contribution is 6.13. The fraction of sp³-hybridized carbons (Fsp3) is 0. The number of para-hydroxylation sites is 1. The van der Waals surface area contributed by atoms with Crippen LogP contribution in [-0.4, -0.2) is 19.5 Å². The Morgan fingerprint density at radius 3 is 1.87 bits per heavy atom. The van der Waals surface area contributed by atoms with Crippen molar-refractivity contribution in [2.24, 2.45) is 0 Å². The van der Waals surface area contributed by atoms with Crippen molar-refractivity contribution in [2.45, 2.75) is 0 Å². The van der Waals surface area contributed by atoms with Crippen molar-refractivity contribution in [3.05, 3.63) is 158 Å². The van der Waals surface area contributed by atoms with Gasteiger partial charge in [-0.15, -0.1) is 0 Å². The number of aromatic nitrogens is 4. The fourth-order valence-corrected chi connectivity index (χ4v) is 6.67. The third-order valence-electron chi connectivity index (χ3n) is 8.71. The normalized spacial score (nSPS) is 11.6. The lowest BCUT2D eigenvalue weighted by molar-refractivity contribution is 1.16. The van der Waals surface area contributed by atoms with E-state index in [-0.39, 0.29) is 0 Å². The monoisotopic (exact) mass is 574 g/mol. The molecule has 0 aliphatic carbocycles. The minimum absolute atomic E-state index is 0.845. The first-order valence-electron chi connectivity index (χ1n) is 15.1. The van der Waals surface area contributed by atoms with Crippen molar-refractivity contribution in [3.8, 4) is 39.5 Å². The van der Waals surface area contributed by atoms with Crippen LogP contribution in [0.1, 0.15) is 0 Å². The highest BCUT2D eigenvalue weighted by Gasteiger charge is 2.16. The van der Waals surface area contributed by atoms with E-state index in [0.29, 0.717) is 0 Å². The molecule has 45 heavy (non-hydrogen) atoms. The number of rotatable bonds is 4. The lowest BCUT2D eigenvalue weighted by Gasteiger charge is -2.15. The summed E-state index contributed by atoms with van der Waals surface area (Å²) in [5, 5.41) is 7.28. The van der Waals surface area contributed by atoms with Crippen molar-refractivity contribution >= 4 is 43.4 Å². The van der Waals surface area contributed by atoms with E-state index >= 15 is 0 Å². The van der Waals surface area contributed by atoms with Gasteiger partial charge in [-0.05, 0) is 87.3 Å². The van der Waals surface area contributed by atoms with Crippen LogP contribution in [0.2, 0.25) is 0 Å². The van der Waals surface area contributed by atoms with Gasteiger partial charge in [-0.1, -0.05) is 84.9 Å². The Hall–Kier alpha value is -6.13. The Labute approximate surface area is 259 Å². The Balaban J connectivity index is 1.25. The average Bonchev–Trinajstić information content (AvgIpc) is 3.45. The molecule has 0 radical (unpaired) electrons. The minimum atomic E-state index is 0.845. The second-order valence-electron chi connectivity index (χ2n) is 11.3. The molecule has 0 atom stereocenters. The molecule has 0 spiro atoms. The molecule has 0 N–H and O–H groups in total. The largest absolute Gasteiger partial charge is 0.308 e. The first kappa shape index (κ1) is 25.4. The van der Waals surface area contributed by atoms with Gasteiger partial charge in [-0.2, -0.15) is 0 Å². The topological polar surface area (TPSA) is 43.6 Å². The van der Waals surface area contributed by atoms with Crippen LogP contribution in [0, 0.1) is 0 Å². The van der Waals surface area contributed by atoms with Gasteiger partial charge in [0.25, 0.3) is 0 Å². The van der Waals surface area contributed by atoms with Gasteiger partial charge >= 0.3 is 0 Å². The van der Waals surface area contributed by atoms with Crippen molar-refractivity contribution < 1.29 is 0 Å². The maximum absolute atomic E-state index is 5.17. The molecule has 5 aromatic carbocycles. The third-order valence-corrected chi connectivity index (χ3v) is 8.71. The summed E-state index contributed by atoms with van der Waals surface area (Å²) in [5.41, 5.74) is 9.30. The molecule has 4 heterocycles. The van der Waals surface area contributed by atoms with Crippen molar-refractivity contribution in [3.63, 3.8) is 0 Å². The van der Waals surface area contributed by atoms with Gasteiger partial charge in [0.2, 0.25) is 0 Å². The molecule has 0 amide bonds. The number of fused-ring (bicyclic) bond motifs is 5. The maximum atomic E-state index is 5.17. The summed E-state index contributed by atoms with van der Waals surface area (Å²) < 4.78 is 2.28. The summed E-state index contributed by atoms with van der Waals surface area (Å²) in [5.74, 6) is 0. The predicted octanol–water partition coefficient (Wildman–Crippen LogP) is 10.3. The van der Waals surface area contributed by atoms with Crippen molar-refractivity contribution in [1.29, 1.82) is 0 Å². The molecule has 0 bridgehead atoms. The van der Waals surface area contributed by atoms with Gasteiger partial charge in [-0.3, -0.25) is 9.97 Å². The fourth-order valence-electron chi connectivity index (χ4n) is 6.67. The van der Waals surface area contributed by atoms with Crippen LogP contribution in [0.3, 0.4) is 0 Å². The van der Waals surface area contributed by atoms with E-state index in [2.05, 4.69) is 136 Å². The van der Waals surface area contributed by atoms with Crippen LogP contribution in [0.25, 0.3) is 82.8 Å². The molecule has 0 aliphatic rings. The van der Waals surface area contributed by atoms with Gasteiger partial charge in [0, 0.05) is 34.4 Å². The summed E-state index contributed by atoms with van der Waals surface area (Å²) in [7, 11) is 0. The summed E-state index contributed by atoms with van der Waals surface area (Å²) in [6.07, 6.45) is 5.63. The highest BCUT2D eigenvalue weighted by Crippen LogP contribution is 2.39. The van der Waals surface area contributed by atoms with E-state index in [0.717, 1.165) is 44.9 Å². The van der Waals surface area contributed by atoms with Gasteiger partial charge < -0.3 is 4.57 Å². The molecule has 4 heteroatoms. The molecule has 210 valence electrons. The third kappa shape index (κ3) is 4.19. The summed E-state index contributed by atoms with van der Waals surface area (Å²) in [4.78, 5) is 14.3. The average molecular weight is 575 g/mol. The Morgan fingerprint density at radius 1 is 0.444 bits per heavy atom. The van der Waals surface area contributed by atoms with Crippen LogP contribution in [0.4, 0.5) is 0 Å². The van der Waals surface area contributed by atoms with Gasteiger partial charge in [0.1, 0.15) is 0 Å². The molecular weight excluding hydrogens is 548 g/mol. The number of nitrogens with zero attached hydrogens (tertiary/aromatic N) is 4. The zero-order valence-corrected chi connectivity index (χ0v) is 24.3. The molecule has 0 saturated carbocycles. The Morgan fingerprint density at radius 2 is 1.11 bits per heavy atom. The second kappa shape index (κ2) is 10.2. The Kier molecular flexibility index (Phi) is 5.78. The molecule has 0 saturated heterocycles. The zero-order valence-electron chi connectivity index (χ0n) is 24.3. The SMILES string of the molecule is c1ccc(-c2cc(-c3c4ccccc4cc4ccccc34)cc(-c3ccc(-n4c5ccccc5c5ccncc54)cc3)n2)nc1. The zero-order chi connectivity index (χ0) is 29.7. The van der Waals surface area contributed by atoms with E-state index in [1.54, 1.807) is 0 Å². The molecular formula is C41H26N4. The van der Waals surface area contributed by atoms with Crippen molar-refractivity contribution in [1.82, 2.24) is 19.5 Å². The standard InChI is InChI=1S/C41H26N4/c1-3-11-32-28(9-1)23-29-10-2-4-12-33(29)41(32)30-24-37(44-38(25-30)36-14-7-8-21-43-36)27-16-18-31(19-17-27)45-39-15-6-5-13-34(39)35-20-22-42-26-40(35)45/h1-26H. The van der Waals surface area contributed by atoms with E-state index < -0.39 is 0 Å². The van der Waals surface area contributed by atoms with Crippen molar-refractivity contribution in [2.75, 3.05) is 0 Å². The van der Waals surface area contributed by atoms with Gasteiger partial charge in [0.15, 0.2) is 0 Å². The minimum Gasteiger partial charge on any atom is -0.308 e. The van der Waals surface area contributed by atoms with E-state index in [1.807, 2.05) is 36.8 Å². The highest BCUT2D eigenvalue weighted by atomic mass is 15.0. The predicted molar refractivity (Wildman–Crippen MR) is 185 cm³/mol. The molecule has 0 fully saturated rings. The summed E-state index contributed by atoms with van der Waals surface area (Å²) >= 11 is 0. The van der Waals surface area contributed by atoms with Gasteiger partial charge in [-0.25, -0.2) is 4.98 Å². The molecule has 4 aromatic heterocycles. The van der Waals surface area contributed by atoms with E-state index in [9.17, 15) is 0 Å². The maximum Gasteiger partial charge on any atom is 0.0899 e. The number of pyridine rings is 3. The van der Waals surface area contributed by atoms with Crippen LogP contribution < -0.4 is 0 Å². The summed E-state index contributed by atoms with van der Waals surface area (Å²) in [6.45, 7) is 0. The molecule has 4 nitrogen and oxygen atoms in total. The van der Waals surface area contributed by atoms with Crippen LogP contribution in [0.15, 0.2) is 158 Å². The lowest BCUT2D eigenvalue weighted by atomic mass is 9.91. The molecule has 0 aliphatic heterocycles. The smallest absolute Gasteiger partial charge is 0.0899 e. The first-order valence-corrected chi connectivity index (χ1v) is 15.1. The number of hydrogen-bond donors (Lipinski definition) is 0. The van der Waals surface area contributed by atoms with Crippen LogP contribution in [0.5, 0.6) is 0 Å². The lowest BCUT2D eigenvalue weighted by Crippen LogP contribution is -1.96. The van der Waals surface area contributed by atoms with E-state index in [4.69, 9.17) is 4.98 Å². The first-order chi connectivity index (χ1) is 22.3. The number of hydrogen-bond acceptors (Lipinski definition) is 3. The molecule has 0 unspecified atom stereocenters. The Bertz CT molecular complexity index is 2420. The number of benzene rings is 5. The molecule has 9 aromatic rings. The van der Waals surface area contributed by atoms with Crippen LogP contribution in [-0.2, 0) is 0 Å². The van der Waals surface area contributed by atoms with Crippen LogP contribution >= 0.6 is 0 Å². The van der Waals surface area contributed by atoms with Gasteiger partial charge in [0.05, 0.1) is 34.3 Å². The van der Waals surface area contributed by atoms with E-state index in [1.165, 1.54) is 37.9 Å². The molecule has 9 rings (SSSR count). The quantitative estimate of drug-likeness (QED) is 0.196.